The van der Waals surface area contributed by atoms with E-state index in [0.717, 1.165) is 16.9 Å². The van der Waals surface area contributed by atoms with Crippen molar-refractivity contribution in [2.75, 3.05) is 5.75 Å². The molecule has 0 aromatic heterocycles. The molecule has 2 nitrogen and oxygen atoms in total. The minimum atomic E-state index is -0.766. The molecule has 0 unspecified atom stereocenters. The Kier molecular flexibility index (Phi) is 4.26. The van der Waals surface area contributed by atoms with Gasteiger partial charge in [-0.25, -0.2) is 0 Å². The van der Waals surface area contributed by atoms with E-state index in [1.54, 1.807) is 6.08 Å². The summed E-state index contributed by atoms with van der Waals surface area (Å²) in [6.07, 6.45) is 1.79. The number of hydrogen-bond acceptors (Lipinski definition) is 2. The molecule has 0 saturated carbocycles. The van der Waals surface area contributed by atoms with Crippen LogP contribution in [-0.4, -0.2) is 16.8 Å². The monoisotopic (exact) mass is 208 g/mol. The summed E-state index contributed by atoms with van der Waals surface area (Å²) in [6.45, 7) is 3.66. The third-order valence-electron chi connectivity index (χ3n) is 1.71. The lowest BCUT2D eigenvalue weighted by molar-refractivity contribution is -0.133. The second kappa shape index (κ2) is 5.50. The summed E-state index contributed by atoms with van der Waals surface area (Å²) in [5, 5.41) is 8.44. The van der Waals surface area contributed by atoms with Crippen LogP contribution in [0.3, 0.4) is 0 Å². The molecule has 0 bridgehead atoms. The van der Waals surface area contributed by atoms with E-state index in [1.165, 1.54) is 11.8 Å². The molecule has 0 spiro atoms. The maximum Gasteiger partial charge on any atom is 0.313 e. The topological polar surface area (TPSA) is 37.3 Å². The second-order valence-electron chi connectivity index (χ2n) is 2.83. The predicted octanol–water partition coefficient (Wildman–Crippen LogP) is 2.65. The van der Waals surface area contributed by atoms with Crippen molar-refractivity contribution in [1.29, 1.82) is 0 Å². The van der Waals surface area contributed by atoms with Crippen LogP contribution >= 0.6 is 11.8 Å². The Morgan fingerprint density at radius 1 is 1.43 bits per heavy atom. The van der Waals surface area contributed by atoms with Gasteiger partial charge >= 0.3 is 5.97 Å². The van der Waals surface area contributed by atoms with Gasteiger partial charge in [0.25, 0.3) is 0 Å². The highest BCUT2D eigenvalue weighted by Crippen LogP contribution is 2.13. The Balaban J connectivity index is 2.43. The van der Waals surface area contributed by atoms with Crippen molar-refractivity contribution in [3.63, 3.8) is 0 Å². The van der Waals surface area contributed by atoms with E-state index in [4.69, 9.17) is 5.11 Å². The van der Waals surface area contributed by atoms with Crippen molar-refractivity contribution in [2.45, 2.75) is 5.75 Å². The van der Waals surface area contributed by atoms with Crippen molar-refractivity contribution >= 4 is 23.8 Å². The Labute approximate surface area is 87.6 Å². The van der Waals surface area contributed by atoms with Crippen LogP contribution in [0.25, 0.3) is 6.08 Å². The van der Waals surface area contributed by atoms with Crippen LogP contribution in [0.2, 0.25) is 0 Å². The highest BCUT2D eigenvalue weighted by Gasteiger charge is 1.97. The zero-order valence-electron chi connectivity index (χ0n) is 7.77. The van der Waals surface area contributed by atoms with E-state index >= 15 is 0 Å². The SMILES string of the molecule is C=Cc1ccc(CSCC(=O)O)cc1. The molecule has 0 heterocycles. The van der Waals surface area contributed by atoms with Crippen molar-refractivity contribution in [1.82, 2.24) is 0 Å². The molecular formula is C11H12O2S. The molecule has 0 amide bonds. The molecule has 1 aromatic rings. The first-order valence-corrected chi connectivity index (χ1v) is 5.39. The van der Waals surface area contributed by atoms with E-state index in [9.17, 15) is 4.79 Å². The number of benzene rings is 1. The number of carboxylic acids is 1. The minimum absolute atomic E-state index is 0.156. The van der Waals surface area contributed by atoms with Gasteiger partial charge in [-0.05, 0) is 11.1 Å². The van der Waals surface area contributed by atoms with Gasteiger partial charge in [0.15, 0.2) is 0 Å². The van der Waals surface area contributed by atoms with Gasteiger partial charge < -0.3 is 5.11 Å². The van der Waals surface area contributed by atoms with Crippen molar-refractivity contribution < 1.29 is 9.90 Å². The lowest BCUT2D eigenvalue weighted by Crippen LogP contribution is -1.98. The van der Waals surface area contributed by atoms with Crippen LogP contribution in [0.15, 0.2) is 30.8 Å². The summed E-state index contributed by atoms with van der Waals surface area (Å²) in [6, 6.07) is 7.94. The van der Waals surface area contributed by atoms with Gasteiger partial charge in [0.1, 0.15) is 0 Å². The van der Waals surface area contributed by atoms with Crippen molar-refractivity contribution in [2.24, 2.45) is 0 Å². The molecule has 0 atom stereocenters. The molecule has 14 heavy (non-hydrogen) atoms. The van der Waals surface area contributed by atoms with E-state index in [-0.39, 0.29) is 5.75 Å². The van der Waals surface area contributed by atoms with Gasteiger partial charge in [-0.3, -0.25) is 4.79 Å². The standard InChI is InChI=1S/C11H12O2S/c1-2-9-3-5-10(6-4-9)7-14-8-11(12)13/h2-6H,1,7-8H2,(H,12,13). The van der Waals surface area contributed by atoms with Crippen LogP contribution in [-0.2, 0) is 10.5 Å². The molecule has 0 fully saturated rings. The first kappa shape index (κ1) is 10.9. The highest BCUT2D eigenvalue weighted by molar-refractivity contribution is 7.99. The summed E-state index contributed by atoms with van der Waals surface area (Å²) >= 11 is 1.40. The summed E-state index contributed by atoms with van der Waals surface area (Å²) in [4.78, 5) is 10.3. The fourth-order valence-corrected chi connectivity index (χ4v) is 1.71. The van der Waals surface area contributed by atoms with Gasteiger partial charge in [0, 0.05) is 5.75 Å². The van der Waals surface area contributed by atoms with E-state index < -0.39 is 5.97 Å². The third-order valence-corrected chi connectivity index (χ3v) is 2.70. The van der Waals surface area contributed by atoms with Crippen LogP contribution in [0, 0.1) is 0 Å². The molecule has 0 aliphatic heterocycles. The summed E-state index contributed by atoms with van der Waals surface area (Å²) in [5.74, 6) is 0.130. The molecule has 0 aliphatic carbocycles. The van der Waals surface area contributed by atoms with E-state index in [2.05, 4.69) is 6.58 Å². The zero-order valence-corrected chi connectivity index (χ0v) is 8.59. The Hall–Kier alpha value is -1.22. The van der Waals surface area contributed by atoms with Crippen LogP contribution in [0.4, 0.5) is 0 Å². The van der Waals surface area contributed by atoms with Gasteiger partial charge in [0.2, 0.25) is 0 Å². The highest BCUT2D eigenvalue weighted by atomic mass is 32.2. The molecule has 1 aromatic carbocycles. The fourth-order valence-electron chi connectivity index (χ4n) is 1.01. The van der Waals surface area contributed by atoms with Crippen molar-refractivity contribution in [3.05, 3.63) is 42.0 Å². The third kappa shape index (κ3) is 3.66. The Morgan fingerprint density at radius 3 is 2.57 bits per heavy atom. The van der Waals surface area contributed by atoms with E-state index in [1.807, 2.05) is 24.3 Å². The average molecular weight is 208 g/mol. The first-order valence-electron chi connectivity index (χ1n) is 4.23. The number of aliphatic carboxylic acids is 1. The second-order valence-corrected chi connectivity index (χ2v) is 3.82. The first-order chi connectivity index (χ1) is 6.72. The maximum atomic E-state index is 10.3. The minimum Gasteiger partial charge on any atom is -0.481 e. The van der Waals surface area contributed by atoms with Gasteiger partial charge in [-0.1, -0.05) is 36.9 Å². The normalized spacial score (nSPS) is 9.71. The van der Waals surface area contributed by atoms with Gasteiger partial charge in [-0.2, -0.15) is 0 Å². The average Bonchev–Trinajstić information content (AvgIpc) is 2.18. The number of hydrogen-bond donors (Lipinski definition) is 1. The lowest BCUT2D eigenvalue weighted by Gasteiger charge is -2.00. The van der Waals surface area contributed by atoms with Crippen LogP contribution < -0.4 is 0 Å². The molecule has 74 valence electrons. The van der Waals surface area contributed by atoms with Gasteiger partial charge in [0.05, 0.1) is 5.75 Å². The quantitative estimate of drug-likeness (QED) is 0.808. The zero-order chi connectivity index (χ0) is 10.4. The summed E-state index contributed by atoms with van der Waals surface area (Å²) in [5.41, 5.74) is 2.22. The summed E-state index contributed by atoms with van der Waals surface area (Å²) in [7, 11) is 0. The molecule has 0 saturated heterocycles. The van der Waals surface area contributed by atoms with E-state index in [0.29, 0.717) is 0 Å². The molecule has 1 N–H and O–H groups in total. The predicted molar refractivity (Wildman–Crippen MR) is 60.3 cm³/mol. The molecule has 0 aliphatic rings. The Morgan fingerprint density at radius 2 is 2.07 bits per heavy atom. The van der Waals surface area contributed by atoms with Crippen LogP contribution in [0.5, 0.6) is 0 Å². The van der Waals surface area contributed by atoms with Crippen LogP contribution in [0.1, 0.15) is 11.1 Å². The number of thioether (sulfide) groups is 1. The maximum absolute atomic E-state index is 10.3. The molecule has 3 heteroatoms. The molecule has 1 rings (SSSR count). The summed E-state index contributed by atoms with van der Waals surface area (Å²) < 4.78 is 0. The number of rotatable bonds is 5. The lowest BCUT2D eigenvalue weighted by atomic mass is 10.1. The largest absolute Gasteiger partial charge is 0.481 e. The van der Waals surface area contributed by atoms with Crippen molar-refractivity contribution in [3.8, 4) is 0 Å². The Bertz CT molecular complexity index is 317. The number of carboxylic acid groups (broad SMARTS) is 1. The molecular weight excluding hydrogens is 196 g/mol. The number of carbonyl (C=O) groups is 1. The smallest absolute Gasteiger partial charge is 0.313 e. The molecule has 0 radical (unpaired) electrons. The van der Waals surface area contributed by atoms with Gasteiger partial charge in [-0.15, -0.1) is 11.8 Å². The fraction of sp³-hybridized carbons (Fsp3) is 0.182.